The van der Waals surface area contributed by atoms with Gasteiger partial charge in [0, 0.05) is 6.26 Å². The molecule has 2 aromatic carbocycles. The first-order chi connectivity index (χ1) is 7.50. The maximum Gasteiger partial charge on any atom is 0.175 e. The van der Waals surface area contributed by atoms with Gasteiger partial charge in [0.1, 0.15) is 0 Å². The standard InChI is InChI=1S/C13H14O2S/c1-3-10-4-5-12-9-13(16(2,14)15)7-6-11(12)8-10/h4-9H,3H2,1-2H3. The summed E-state index contributed by atoms with van der Waals surface area (Å²) < 4.78 is 22.8. The lowest BCUT2D eigenvalue weighted by Crippen LogP contribution is -1.96. The summed E-state index contributed by atoms with van der Waals surface area (Å²) >= 11 is 0. The van der Waals surface area contributed by atoms with Crippen LogP contribution in [0.15, 0.2) is 41.3 Å². The van der Waals surface area contributed by atoms with Crippen LogP contribution in [0.5, 0.6) is 0 Å². The predicted octanol–water partition coefficient (Wildman–Crippen LogP) is 2.81. The zero-order valence-electron chi connectivity index (χ0n) is 9.40. The lowest BCUT2D eigenvalue weighted by molar-refractivity contribution is 0.602. The van der Waals surface area contributed by atoms with Gasteiger partial charge in [-0.05, 0) is 34.9 Å². The number of hydrogen-bond acceptors (Lipinski definition) is 2. The number of rotatable bonds is 2. The van der Waals surface area contributed by atoms with E-state index in [1.165, 1.54) is 11.8 Å². The Balaban J connectivity index is 2.65. The fourth-order valence-electron chi connectivity index (χ4n) is 1.72. The molecular formula is C13H14O2S. The molecule has 0 radical (unpaired) electrons. The summed E-state index contributed by atoms with van der Waals surface area (Å²) in [6.07, 6.45) is 2.22. The molecule has 0 saturated carbocycles. The Morgan fingerprint density at radius 1 is 1.00 bits per heavy atom. The zero-order valence-corrected chi connectivity index (χ0v) is 10.2. The lowest BCUT2D eigenvalue weighted by atomic mass is 10.1. The third-order valence-electron chi connectivity index (χ3n) is 2.71. The molecule has 0 bridgehead atoms. The van der Waals surface area contributed by atoms with Crippen LogP contribution in [0.3, 0.4) is 0 Å². The van der Waals surface area contributed by atoms with Gasteiger partial charge in [-0.1, -0.05) is 31.2 Å². The molecule has 2 rings (SSSR count). The summed E-state index contributed by atoms with van der Waals surface area (Å²) in [6.45, 7) is 2.10. The van der Waals surface area contributed by atoms with E-state index in [4.69, 9.17) is 0 Å². The van der Waals surface area contributed by atoms with Crippen molar-refractivity contribution in [3.05, 3.63) is 42.0 Å². The second-order valence-corrected chi connectivity index (χ2v) is 5.98. The van der Waals surface area contributed by atoms with Crippen molar-refractivity contribution in [1.29, 1.82) is 0 Å². The van der Waals surface area contributed by atoms with E-state index in [9.17, 15) is 8.42 Å². The topological polar surface area (TPSA) is 34.1 Å². The highest BCUT2D eigenvalue weighted by Crippen LogP contribution is 2.20. The molecule has 0 atom stereocenters. The second-order valence-electron chi connectivity index (χ2n) is 3.97. The maximum atomic E-state index is 11.4. The average molecular weight is 234 g/mol. The second kappa shape index (κ2) is 3.91. The summed E-state index contributed by atoms with van der Waals surface area (Å²) in [6, 6.07) is 11.4. The van der Waals surface area contributed by atoms with Gasteiger partial charge in [-0.15, -0.1) is 0 Å². The molecule has 0 aliphatic rings. The number of sulfone groups is 1. The smallest absolute Gasteiger partial charge is 0.175 e. The minimum Gasteiger partial charge on any atom is -0.224 e. The molecule has 0 unspecified atom stereocenters. The van der Waals surface area contributed by atoms with Crippen LogP contribution in [0.1, 0.15) is 12.5 Å². The molecule has 0 N–H and O–H groups in total. The Hall–Kier alpha value is -1.35. The van der Waals surface area contributed by atoms with E-state index < -0.39 is 9.84 Å². The van der Waals surface area contributed by atoms with E-state index in [0.29, 0.717) is 4.90 Å². The Labute approximate surface area is 95.8 Å². The molecular weight excluding hydrogens is 220 g/mol. The zero-order chi connectivity index (χ0) is 11.8. The van der Waals surface area contributed by atoms with Gasteiger partial charge in [0.15, 0.2) is 9.84 Å². The van der Waals surface area contributed by atoms with Gasteiger partial charge in [0.25, 0.3) is 0 Å². The molecule has 84 valence electrons. The number of hydrogen-bond donors (Lipinski definition) is 0. The third kappa shape index (κ3) is 2.09. The first kappa shape index (κ1) is 11.1. The van der Waals surface area contributed by atoms with Crippen molar-refractivity contribution in [1.82, 2.24) is 0 Å². The van der Waals surface area contributed by atoms with Gasteiger partial charge in [0.2, 0.25) is 0 Å². The van der Waals surface area contributed by atoms with Crippen LogP contribution in [-0.2, 0) is 16.3 Å². The fourth-order valence-corrected chi connectivity index (χ4v) is 2.38. The van der Waals surface area contributed by atoms with E-state index in [2.05, 4.69) is 13.0 Å². The highest BCUT2D eigenvalue weighted by atomic mass is 32.2. The van der Waals surface area contributed by atoms with Crippen LogP contribution in [0.4, 0.5) is 0 Å². The third-order valence-corrected chi connectivity index (χ3v) is 3.82. The van der Waals surface area contributed by atoms with Crippen LogP contribution in [0.25, 0.3) is 10.8 Å². The van der Waals surface area contributed by atoms with Crippen molar-refractivity contribution in [2.45, 2.75) is 18.2 Å². The van der Waals surface area contributed by atoms with E-state index in [1.54, 1.807) is 12.1 Å². The van der Waals surface area contributed by atoms with Gasteiger partial charge in [0.05, 0.1) is 4.90 Å². The van der Waals surface area contributed by atoms with Crippen LogP contribution >= 0.6 is 0 Å². The first-order valence-corrected chi connectivity index (χ1v) is 7.12. The van der Waals surface area contributed by atoms with Crippen molar-refractivity contribution in [2.75, 3.05) is 6.26 Å². The summed E-state index contributed by atoms with van der Waals surface area (Å²) in [5, 5.41) is 2.06. The van der Waals surface area contributed by atoms with Gasteiger partial charge >= 0.3 is 0 Å². The summed E-state index contributed by atoms with van der Waals surface area (Å²) in [7, 11) is -3.11. The normalized spacial score (nSPS) is 11.9. The van der Waals surface area contributed by atoms with Crippen LogP contribution in [0, 0.1) is 0 Å². The van der Waals surface area contributed by atoms with Gasteiger partial charge in [-0.2, -0.15) is 0 Å². The largest absolute Gasteiger partial charge is 0.224 e. The highest BCUT2D eigenvalue weighted by molar-refractivity contribution is 7.90. The fraction of sp³-hybridized carbons (Fsp3) is 0.231. The lowest BCUT2D eigenvalue weighted by Gasteiger charge is -2.03. The molecule has 2 nitrogen and oxygen atoms in total. The molecule has 0 fully saturated rings. The number of aryl methyl sites for hydroxylation is 1. The quantitative estimate of drug-likeness (QED) is 0.800. The first-order valence-electron chi connectivity index (χ1n) is 5.23. The molecule has 0 aromatic heterocycles. The van der Waals surface area contributed by atoms with Crippen molar-refractivity contribution < 1.29 is 8.42 Å². The summed E-state index contributed by atoms with van der Waals surface area (Å²) in [5.74, 6) is 0. The Bertz CT molecular complexity index is 627. The molecule has 16 heavy (non-hydrogen) atoms. The van der Waals surface area contributed by atoms with Gasteiger partial charge in [-0.3, -0.25) is 0 Å². The van der Waals surface area contributed by atoms with Crippen molar-refractivity contribution >= 4 is 20.6 Å². The molecule has 0 heterocycles. The highest BCUT2D eigenvalue weighted by Gasteiger charge is 2.07. The van der Waals surface area contributed by atoms with E-state index in [-0.39, 0.29) is 0 Å². The SMILES string of the molecule is CCc1ccc2cc(S(C)(=O)=O)ccc2c1. The van der Waals surface area contributed by atoms with Gasteiger partial charge in [-0.25, -0.2) is 8.42 Å². The van der Waals surface area contributed by atoms with Crippen molar-refractivity contribution in [3.8, 4) is 0 Å². The Morgan fingerprint density at radius 3 is 2.25 bits per heavy atom. The van der Waals surface area contributed by atoms with E-state index in [0.717, 1.165) is 17.2 Å². The maximum absolute atomic E-state index is 11.4. The molecule has 0 aliphatic heterocycles. The molecule has 0 spiro atoms. The summed E-state index contributed by atoms with van der Waals surface area (Å²) in [4.78, 5) is 0.379. The predicted molar refractivity (Wildman–Crippen MR) is 66.4 cm³/mol. The number of benzene rings is 2. The monoisotopic (exact) mass is 234 g/mol. The molecule has 2 aromatic rings. The molecule has 0 saturated heterocycles. The number of fused-ring (bicyclic) bond motifs is 1. The molecule has 0 amide bonds. The van der Waals surface area contributed by atoms with Crippen LogP contribution in [-0.4, -0.2) is 14.7 Å². The van der Waals surface area contributed by atoms with Crippen LogP contribution < -0.4 is 0 Å². The average Bonchev–Trinajstić information content (AvgIpc) is 2.26. The Morgan fingerprint density at radius 2 is 1.62 bits per heavy atom. The van der Waals surface area contributed by atoms with Gasteiger partial charge < -0.3 is 0 Å². The Kier molecular flexibility index (Phi) is 2.72. The van der Waals surface area contributed by atoms with Crippen molar-refractivity contribution in [3.63, 3.8) is 0 Å². The van der Waals surface area contributed by atoms with E-state index >= 15 is 0 Å². The van der Waals surface area contributed by atoms with E-state index in [1.807, 2.05) is 18.2 Å². The minimum atomic E-state index is -3.11. The van der Waals surface area contributed by atoms with Crippen LogP contribution in [0.2, 0.25) is 0 Å². The molecule has 0 aliphatic carbocycles. The van der Waals surface area contributed by atoms with Crippen molar-refractivity contribution in [2.24, 2.45) is 0 Å². The molecule has 3 heteroatoms. The minimum absolute atomic E-state index is 0.379. The summed E-state index contributed by atoms with van der Waals surface area (Å²) in [5.41, 5.74) is 1.26.